The molecule has 0 saturated carbocycles. The summed E-state index contributed by atoms with van der Waals surface area (Å²) in [4.78, 5) is 19.0. The standard InChI is InChI=1S/C13H16N4O2S/c1-9-15-10(8-20-9)12-7-19-6-5-17(12)13(18)11-3-4-14-16(11)2/h3-4,8,12H,5-7H2,1-2H3/t12-/m1/s1. The van der Waals surface area contributed by atoms with Crippen molar-refractivity contribution in [1.82, 2.24) is 19.7 Å². The van der Waals surface area contributed by atoms with Crippen LogP contribution in [0, 0.1) is 6.92 Å². The molecule has 0 aromatic carbocycles. The van der Waals surface area contributed by atoms with Gasteiger partial charge in [-0.2, -0.15) is 5.10 Å². The average Bonchev–Trinajstić information content (AvgIpc) is 3.07. The first kappa shape index (κ1) is 13.3. The average molecular weight is 292 g/mol. The zero-order valence-electron chi connectivity index (χ0n) is 11.4. The van der Waals surface area contributed by atoms with Gasteiger partial charge in [-0.25, -0.2) is 4.98 Å². The highest BCUT2D eigenvalue weighted by Gasteiger charge is 2.31. The highest BCUT2D eigenvalue weighted by atomic mass is 32.1. The van der Waals surface area contributed by atoms with E-state index < -0.39 is 0 Å². The predicted octanol–water partition coefficient (Wildman–Crippen LogP) is 1.40. The van der Waals surface area contributed by atoms with Gasteiger partial charge in [0.2, 0.25) is 0 Å². The van der Waals surface area contributed by atoms with Gasteiger partial charge in [0, 0.05) is 25.2 Å². The molecule has 0 aliphatic carbocycles. The van der Waals surface area contributed by atoms with Crippen molar-refractivity contribution in [3.63, 3.8) is 0 Å². The fourth-order valence-corrected chi connectivity index (χ4v) is 3.02. The van der Waals surface area contributed by atoms with Crippen molar-refractivity contribution in [2.45, 2.75) is 13.0 Å². The molecule has 106 valence electrons. The number of hydrogen-bond acceptors (Lipinski definition) is 5. The third-order valence-corrected chi connectivity index (χ3v) is 4.20. The van der Waals surface area contributed by atoms with Gasteiger partial charge in [0.15, 0.2) is 0 Å². The Morgan fingerprint density at radius 2 is 2.40 bits per heavy atom. The van der Waals surface area contributed by atoms with Crippen molar-refractivity contribution < 1.29 is 9.53 Å². The largest absolute Gasteiger partial charge is 0.377 e. The van der Waals surface area contributed by atoms with E-state index in [1.54, 1.807) is 35.3 Å². The summed E-state index contributed by atoms with van der Waals surface area (Å²) in [6, 6.07) is 1.62. The molecule has 1 aliphatic heterocycles. The summed E-state index contributed by atoms with van der Waals surface area (Å²) in [5.41, 5.74) is 1.49. The Balaban J connectivity index is 1.89. The first-order chi connectivity index (χ1) is 9.66. The molecule has 0 N–H and O–H groups in total. The highest BCUT2D eigenvalue weighted by Crippen LogP contribution is 2.26. The molecule has 1 aliphatic rings. The molecule has 7 heteroatoms. The van der Waals surface area contributed by atoms with Gasteiger partial charge in [-0.15, -0.1) is 11.3 Å². The van der Waals surface area contributed by atoms with E-state index in [1.807, 2.05) is 17.2 Å². The molecule has 1 atom stereocenters. The van der Waals surface area contributed by atoms with Crippen molar-refractivity contribution in [3.05, 3.63) is 34.0 Å². The molecule has 0 unspecified atom stereocenters. The molecule has 2 aromatic rings. The summed E-state index contributed by atoms with van der Waals surface area (Å²) in [6.45, 7) is 3.59. The zero-order chi connectivity index (χ0) is 14.1. The molecule has 0 radical (unpaired) electrons. The number of rotatable bonds is 2. The number of amides is 1. The molecule has 1 fully saturated rings. The Morgan fingerprint density at radius 1 is 1.55 bits per heavy atom. The summed E-state index contributed by atoms with van der Waals surface area (Å²) >= 11 is 1.59. The minimum absolute atomic E-state index is 0.0241. The molecule has 3 heterocycles. The molecular formula is C13H16N4O2S. The Morgan fingerprint density at radius 3 is 3.05 bits per heavy atom. The monoisotopic (exact) mass is 292 g/mol. The molecule has 0 spiro atoms. The lowest BCUT2D eigenvalue weighted by Gasteiger charge is -2.34. The summed E-state index contributed by atoms with van der Waals surface area (Å²) in [7, 11) is 1.77. The fourth-order valence-electron chi connectivity index (χ4n) is 2.36. The van der Waals surface area contributed by atoms with Crippen molar-refractivity contribution >= 4 is 17.2 Å². The van der Waals surface area contributed by atoms with Crippen molar-refractivity contribution in [1.29, 1.82) is 0 Å². The van der Waals surface area contributed by atoms with Gasteiger partial charge < -0.3 is 9.64 Å². The first-order valence-corrected chi connectivity index (χ1v) is 7.33. The maximum Gasteiger partial charge on any atom is 0.272 e. The minimum Gasteiger partial charge on any atom is -0.377 e. The number of aromatic nitrogens is 3. The van der Waals surface area contributed by atoms with E-state index in [0.29, 0.717) is 25.5 Å². The van der Waals surface area contributed by atoms with Crippen LogP contribution in [0.5, 0.6) is 0 Å². The Hall–Kier alpha value is -1.73. The second-order valence-electron chi connectivity index (χ2n) is 4.72. The molecular weight excluding hydrogens is 276 g/mol. The maximum atomic E-state index is 12.7. The normalized spacial score (nSPS) is 19.3. The van der Waals surface area contributed by atoms with Crippen LogP contribution < -0.4 is 0 Å². The number of thiazole rings is 1. The van der Waals surface area contributed by atoms with Crippen LogP contribution in [-0.2, 0) is 11.8 Å². The van der Waals surface area contributed by atoms with Gasteiger partial charge in [0.1, 0.15) is 5.69 Å². The van der Waals surface area contributed by atoms with Crippen molar-refractivity contribution in [2.24, 2.45) is 7.05 Å². The van der Waals surface area contributed by atoms with Crippen LogP contribution in [-0.4, -0.2) is 45.3 Å². The maximum absolute atomic E-state index is 12.7. The van der Waals surface area contributed by atoms with Gasteiger partial charge in [-0.1, -0.05) is 0 Å². The van der Waals surface area contributed by atoms with E-state index in [9.17, 15) is 4.79 Å². The van der Waals surface area contributed by atoms with Gasteiger partial charge in [0.25, 0.3) is 5.91 Å². The lowest BCUT2D eigenvalue weighted by Crippen LogP contribution is -2.44. The number of carbonyl (C=O) groups is 1. The first-order valence-electron chi connectivity index (χ1n) is 6.45. The zero-order valence-corrected chi connectivity index (χ0v) is 12.3. The Labute approximate surface area is 121 Å². The topological polar surface area (TPSA) is 60.2 Å². The van der Waals surface area contributed by atoms with Crippen LogP contribution in [0.1, 0.15) is 27.2 Å². The second-order valence-corrected chi connectivity index (χ2v) is 5.78. The molecule has 0 bridgehead atoms. The second kappa shape index (κ2) is 5.34. The van der Waals surface area contributed by atoms with E-state index in [1.165, 1.54) is 0 Å². The lowest BCUT2D eigenvalue weighted by molar-refractivity contribution is -0.00432. The van der Waals surface area contributed by atoms with Crippen LogP contribution in [0.2, 0.25) is 0 Å². The summed E-state index contributed by atoms with van der Waals surface area (Å²) in [5.74, 6) is -0.0241. The number of ether oxygens (including phenoxy) is 1. The summed E-state index contributed by atoms with van der Waals surface area (Å²) < 4.78 is 7.12. The quantitative estimate of drug-likeness (QED) is 0.839. The molecule has 2 aromatic heterocycles. The smallest absolute Gasteiger partial charge is 0.272 e. The van der Waals surface area contributed by atoms with E-state index >= 15 is 0 Å². The van der Waals surface area contributed by atoms with Crippen LogP contribution >= 0.6 is 11.3 Å². The minimum atomic E-state index is -0.115. The predicted molar refractivity (Wildman–Crippen MR) is 74.7 cm³/mol. The fraction of sp³-hybridized carbons (Fsp3) is 0.462. The van der Waals surface area contributed by atoms with Crippen molar-refractivity contribution in [2.75, 3.05) is 19.8 Å². The van der Waals surface area contributed by atoms with Crippen LogP contribution in [0.15, 0.2) is 17.6 Å². The molecule has 1 amide bonds. The van der Waals surface area contributed by atoms with Crippen LogP contribution in [0.4, 0.5) is 0 Å². The summed E-state index contributed by atoms with van der Waals surface area (Å²) in [6.07, 6.45) is 1.63. The number of aryl methyl sites for hydroxylation is 2. The SMILES string of the molecule is Cc1nc([C@H]2COCCN2C(=O)c2ccnn2C)cs1. The van der Waals surface area contributed by atoms with Crippen LogP contribution in [0.3, 0.4) is 0 Å². The lowest BCUT2D eigenvalue weighted by atomic mass is 10.1. The van der Waals surface area contributed by atoms with E-state index in [4.69, 9.17) is 4.74 Å². The number of carbonyl (C=O) groups excluding carboxylic acids is 1. The van der Waals surface area contributed by atoms with Gasteiger partial charge in [-0.3, -0.25) is 9.48 Å². The molecule has 20 heavy (non-hydrogen) atoms. The van der Waals surface area contributed by atoms with Crippen molar-refractivity contribution in [3.8, 4) is 0 Å². The van der Waals surface area contributed by atoms with E-state index in [-0.39, 0.29) is 11.9 Å². The highest BCUT2D eigenvalue weighted by molar-refractivity contribution is 7.09. The van der Waals surface area contributed by atoms with Gasteiger partial charge >= 0.3 is 0 Å². The Kier molecular flexibility index (Phi) is 3.54. The third-order valence-electron chi connectivity index (χ3n) is 3.41. The van der Waals surface area contributed by atoms with Gasteiger partial charge in [0.05, 0.1) is 30.0 Å². The van der Waals surface area contributed by atoms with Gasteiger partial charge in [-0.05, 0) is 13.0 Å². The number of hydrogen-bond donors (Lipinski definition) is 0. The van der Waals surface area contributed by atoms with E-state index in [2.05, 4.69) is 10.1 Å². The van der Waals surface area contributed by atoms with E-state index in [0.717, 1.165) is 10.7 Å². The van der Waals surface area contributed by atoms with Crippen LogP contribution in [0.25, 0.3) is 0 Å². The molecule has 1 saturated heterocycles. The third kappa shape index (κ3) is 2.34. The number of nitrogens with zero attached hydrogens (tertiary/aromatic N) is 4. The molecule has 6 nitrogen and oxygen atoms in total. The summed E-state index contributed by atoms with van der Waals surface area (Å²) in [5, 5.41) is 7.06. The number of morpholine rings is 1. The molecule has 3 rings (SSSR count). The Bertz CT molecular complexity index is 621.